The minimum Gasteiger partial charge on any atom is -0.360 e. The number of nitrogens with one attached hydrogen (secondary N) is 1. The largest absolute Gasteiger partial charge is 0.360 e. The molecule has 1 N–H and O–H groups in total. The summed E-state index contributed by atoms with van der Waals surface area (Å²) >= 11 is 0. The molecule has 128 valence electrons. The fourth-order valence-electron chi connectivity index (χ4n) is 2.48. The highest BCUT2D eigenvalue weighted by atomic mass is 16.5. The molecule has 6 heteroatoms. The highest BCUT2D eigenvalue weighted by Crippen LogP contribution is 2.18. The maximum Gasteiger partial charge on any atom is 0.223 e. The van der Waals surface area contributed by atoms with Gasteiger partial charge in [0.25, 0.3) is 0 Å². The minimum absolute atomic E-state index is 0.0107. The van der Waals surface area contributed by atoms with Crippen LogP contribution in [0.15, 0.2) is 0 Å². The molecule has 1 aromatic heterocycles. The molecule has 0 fully saturated rings. The van der Waals surface area contributed by atoms with Gasteiger partial charge in [0.1, 0.15) is 6.73 Å². The van der Waals surface area contributed by atoms with E-state index in [1.165, 1.54) is 0 Å². The third-order valence-corrected chi connectivity index (χ3v) is 4.08. The summed E-state index contributed by atoms with van der Waals surface area (Å²) in [6.45, 7) is 10.9. The average Bonchev–Trinajstić information content (AvgIpc) is 2.79. The smallest absolute Gasteiger partial charge is 0.223 e. The Hall–Kier alpha value is -1.87. The Balaban J connectivity index is 2.73. The van der Waals surface area contributed by atoms with Crippen LogP contribution in [0.1, 0.15) is 50.6 Å². The summed E-state index contributed by atoms with van der Waals surface area (Å²) in [5.41, 5.74) is 3.08. The van der Waals surface area contributed by atoms with Gasteiger partial charge in [-0.05, 0) is 39.2 Å². The van der Waals surface area contributed by atoms with Crippen LogP contribution in [-0.4, -0.2) is 28.3 Å². The Morgan fingerprint density at radius 3 is 2.70 bits per heavy atom. The van der Waals surface area contributed by atoms with Crippen LogP contribution in [-0.2, 0) is 22.7 Å². The number of nitrogens with zero attached hydrogens (tertiary/aromatic N) is 3. The van der Waals surface area contributed by atoms with Gasteiger partial charge in [0.05, 0.1) is 18.2 Å². The number of carbonyl (C=O) groups is 1. The number of hydrogen-bond acceptors (Lipinski definition) is 4. The third kappa shape index (κ3) is 5.36. The molecule has 2 atom stereocenters. The number of carbonyl (C=O) groups excluding carboxylic acids is 1. The van der Waals surface area contributed by atoms with Crippen molar-refractivity contribution in [2.24, 2.45) is 5.92 Å². The molecule has 0 aliphatic heterocycles. The average molecular weight is 320 g/mol. The first-order valence-corrected chi connectivity index (χ1v) is 8.22. The van der Waals surface area contributed by atoms with E-state index in [1.807, 2.05) is 39.3 Å². The van der Waals surface area contributed by atoms with E-state index >= 15 is 0 Å². The van der Waals surface area contributed by atoms with E-state index in [1.54, 1.807) is 0 Å². The summed E-state index contributed by atoms with van der Waals surface area (Å²) < 4.78 is 7.24. The lowest BCUT2D eigenvalue weighted by atomic mass is 9.98. The van der Waals surface area contributed by atoms with Crippen molar-refractivity contribution in [3.05, 3.63) is 17.0 Å². The van der Waals surface area contributed by atoms with Crippen LogP contribution in [0.2, 0.25) is 0 Å². The number of ether oxygens (including phenoxy) is 1. The molecule has 6 nitrogen and oxygen atoms in total. The van der Waals surface area contributed by atoms with Gasteiger partial charge in [0.15, 0.2) is 0 Å². The molecular formula is C17H28N4O2. The zero-order valence-electron chi connectivity index (χ0n) is 14.8. The van der Waals surface area contributed by atoms with Gasteiger partial charge in [-0.25, -0.2) is 4.68 Å². The molecule has 1 rings (SSSR count). The van der Waals surface area contributed by atoms with Crippen molar-refractivity contribution in [2.75, 3.05) is 6.61 Å². The van der Waals surface area contributed by atoms with Gasteiger partial charge in [-0.2, -0.15) is 10.4 Å². The summed E-state index contributed by atoms with van der Waals surface area (Å²) in [5.74, 6) is -0.173. The van der Waals surface area contributed by atoms with Gasteiger partial charge < -0.3 is 10.1 Å². The second-order valence-electron chi connectivity index (χ2n) is 5.85. The number of hydrogen-bond donors (Lipinski definition) is 1. The summed E-state index contributed by atoms with van der Waals surface area (Å²) in [6.07, 6.45) is 1.74. The third-order valence-electron chi connectivity index (χ3n) is 4.08. The van der Waals surface area contributed by atoms with Crippen molar-refractivity contribution in [3.8, 4) is 6.07 Å². The van der Waals surface area contributed by atoms with E-state index in [-0.39, 0.29) is 17.9 Å². The van der Waals surface area contributed by atoms with E-state index in [9.17, 15) is 4.79 Å². The first-order valence-electron chi connectivity index (χ1n) is 8.22. The van der Waals surface area contributed by atoms with Gasteiger partial charge in [-0.15, -0.1) is 0 Å². The SMILES string of the molecule is CCOCn1nc(C)c(C[C@@H](C)C(=O)N[C@@H](CC)CC#N)c1C. The Morgan fingerprint density at radius 1 is 1.43 bits per heavy atom. The van der Waals surface area contributed by atoms with Crippen LogP contribution >= 0.6 is 0 Å². The second kappa shape index (κ2) is 9.31. The molecule has 0 unspecified atom stereocenters. The maximum atomic E-state index is 12.3. The van der Waals surface area contributed by atoms with Crippen LogP contribution in [0, 0.1) is 31.1 Å². The first kappa shape index (κ1) is 19.2. The highest BCUT2D eigenvalue weighted by molar-refractivity contribution is 5.79. The zero-order chi connectivity index (χ0) is 17.4. The van der Waals surface area contributed by atoms with E-state index in [0.29, 0.717) is 26.2 Å². The standard InChI is InChI=1S/C17H28N4O2/c1-6-15(8-9-18)19-17(22)12(3)10-16-13(4)20-21(14(16)5)11-23-7-2/h12,15H,6-8,10-11H2,1-5H3,(H,19,22)/t12-,15+/m1/s1. The molecule has 1 amide bonds. The van der Waals surface area contributed by atoms with Gasteiger partial charge in [-0.3, -0.25) is 4.79 Å². The second-order valence-corrected chi connectivity index (χ2v) is 5.85. The molecule has 0 aromatic carbocycles. The first-order chi connectivity index (χ1) is 10.9. The fourth-order valence-corrected chi connectivity index (χ4v) is 2.48. The monoisotopic (exact) mass is 320 g/mol. The molecule has 0 aliphatic carbocycles. The van der Waals surface area contributed by atoms with Gasteiger partial charge in [0.2, 0.25) is 5.91 Å². The zero-order valence-corrected chi connectivity index (χ0v) is 14.8. The van der Waals surface area contributed by atoms with Crippen LogP contribution in [0.25, 0.3) is 0 Å². The molecule has 1 heterocycles. The number of aromatic nitrogens is 2. The number of rotatable bonds is 9. The lowest BCUT2D eigenvalue weighted by Crippen LogP contribution is -2.38. The van der Waals surface area contributed by atoms with Crippen molar-refractivity contribution in [3.63, 3.8) is 0 Å². The van der Waals surface area contributed by atoms with Gasteiger partial charge in [-0.1, -0.05) is 13.8 Å². The number of aryl methyl sites for hydroxylation is 1. The van der Waals surface area contributed by atoms with Crippen LogP contribution in [0.5, 0.6) is 0 Å². The van der Waals surface area contributed by atoms with E-state index in [4.69, 9.17) is 10.00 Å². The Kier molecular flexibility index (Phi) is 7.76. The minimum atomic E-state index is -0.162. The van der Waals surface area contributed by atoms with Gasteiger partial charge >= 0.3 is 0 Å². The topological polar surface area (TPSA) is 79.9 Å². The summed E-state index contributed by atoms with van der Waals surface area (Å²) in [4.78, 5) is 12.3. The van der Waals surface area contributed by atoms with Crippen LogP contribution in [0.4, 0.5) is 0 Å². The van der Waals surface area contributed by atoms with Gasteiger partial charge in [0, 0.05) is 24.3 Å². The van der Waals surface area contributed by atoms with Crippen molar-refractivity contribution >= 4 is 5.91 Å². The predicted molar refractivity (Wildman–Crippen MR) is 88.6 cm³/mol. The molecule has 0 saturated heterocycles. The molecule has 0 bridgehead atoms. The van der Waals surface area contributed by atoms with E-state index < -0.39 is 0 Å². The Morgan fingerprint density at radius 2 is 2.13 bits per heavy atom. The molecule has 0 spiro atoms. The fraction of sp³-hybridized carbons (Fsp3) is 0.706. The van der Waals surface area contributed by atoms with E-state index in [2.05, 4.69) is 16.5 Å². The number of nitriles is 1. The van der Waals surface area contributed by atoms with Crippen LogP contribution < -0.4 is 5.32 Å². The summed E-state index contributed by atoms with van der Waals surface area (Å²) in [5, 5.41) is 16.2. The molecule has 0 saturated carbocycles. The molecular weight excluding hydrogens is 292 g/mol. The lowest BCUT2D eigenvalue weighted by molar-refractivity contribution is -0.125. The lowest BCUT2D eigenvalue weighted by Gasteiger charge is -2.18. The number of amides is 1. The van der Waals surface area contributed by atoms with Crippen LogP contribution in [0.3, 0.4) is 0 Å². The maximum absolute atomic E-state index is 12.3. The molecule has 1 aromatic rings. The van der Waals surface area contributed by atoms with Crippen molar-refractivity contribution in [1.82, 2.24) is 15.1 Å². The summed E-state index contributed by atoms with van der Waals surface area (Å²) in [6, 6.07) is 2.04. The molecule has 23 heavy (non-hydrogen) atoms. The Bertz CT molecular complexity index is 560. The van der Waals surface area contributed by atoms with Crippen molar-refractivity contribution in [2.45, 2.75) is 66.7 Å². The summed E-state index contributed by atoms with van der Waals surface area (Å²) in [7, 11) is 0. The quantitative estimate of drug-likeness (QED) is 0.758. The highest BCUT2D eigenvalue weighted by Gasteiger charge is 2.21. The normalized spacial score (nSPS) is 13.4. The van der Waals surface area contributed by atoms with E-state index in [0.717, 1.165) is 23.4 Å². The molecule has 0 radical (unpaired) electrons. The van der Waals surface area contributed by atoms with Crippen molar-refractivity contribution < 1.29 is 9.53 Å². The predicted octanol–water partition coefficient (Wildman–Crippen LogP) is 2.48. The van der Waals surface area contributed by atoms with Crippen molar-refractivity contribution in [1.29, 1.82) is 5.26 Å². The Labute approximate surface area is 138 Å². The molecule has 0 aliphatic rings.